The van der Waals surface area contributed by atoms with Crippen LogP contribution in [0.4, 0.5) is 5.69 Å². The van der Waals surface area contributed by atoms with E-state index in [1.54, 1.807) is 66.7 Å². The minimum Gasteiger partial charge on any atom is -0.423 e. The van der Waals surface area contributed by atoms with Crippen LogP contribution in [0.1, 0.15) is 21.5 Å². The van der Waals surface area contributed by atoms with Gasteiger partial charge in [-0.15, -0.1) is 0 Å². The number of hydrogen-bond acceptors (Lipinski definition) is 5. The average molecular weight is 436 g/mol. The molecule has 0 spiro atoms. The molecule has 0 fully saturated rings. The van der Waals surface area contributed by atoms with E-state index in [-0.39, 0.29) is 5.56 Å². The standard InChI is InChI=1S/C23H18ClN3O4/c1-15-5-4-6-17(13-15)26-21(28)22(29)27-25-14-16-9-11-18(12-10-16)31-23(30)19-7-2-3-8-20(19)24/h2-14H,1H3,(H,26,28)(H,27,29)/b25-14-. The van der Waals surface area contributed by atoms with E-state index in [9.17, 15) is 14.4 Å². The van der Waals surface area contributed by atoms with Gasteiger partial charge >= 0.3 is 17.8 Å². The number of nitrogens with zero attached hydrogens (tertiary/aromatic N) is 1. The number of aryl methyl sites for hydroxylation is 1. The summed E-state index contributed by atoms with van der Waals surface area (Å²) < 4.78 is 5.28. The van der Waals surface area contributed by atoms with E-state index in [1.165, 1.54) is 6.21 Å². The Morgan fingerprint density at radius 1 is 0.935 bits per heavy atom. The van der Waals surface area contributed by atoms with Gasteiger partial charge < -0.3 is 10.1 Å². The molecule has 3 aromatic carbocycles. The summed E-state index contributed by atoms with van der Waals surface area (Å²) in [6, 6.07) is 20.1. The summed E-state index contributed by atoms with van der Waals surface area (Å²) in [6.45, 7) is 1.88. The quantitative estimate of drug-likeness (QED) is 0.208. The van der Waals surface area contributed by atoms with Crippen molar-refractivity contribution >= 4 is 41.3 Å². The molecular formula is C23H18ClN3O4. The largest absolute Gasteiger partial charge is 0.423 e. The summed E-state index contributed by atoms with van der Waals surface area (Å²) in [5.41, 5.74) is 4.52. The second kappa shape index (κ2) is 10.2. The second-order valence-corrected chi connectivity index (χ2v) is 6.87. The highest BCUT2D eigenvalue weighted by Gasteiger charge is 2.13. The minimum atomic E-state index is -0.900. The monoisotopic (exact) mass is 435 g/mol. The lowest BCUT2D eigenvalue weighted by Gasteiger charge is -2.06. The van der Waals surface area contributed by atoms with Crippen LogP contribution in [0.5, 0.6) is 5.75 Å². The molecule has 0 aliphatic carbocycles. The normalized spacial score (nSPS) is 10.5. The number of hydrazone groups is 1. The van der Waals surface area contributed by atoms with Gasteiger partial charge in [0.15, 0.2) is 0 Å². The van der Waals surface area contributed by atoms with Crippen molar-refractivity contribution in [1.82, 2.24) is 5.43 Å². The van der Waals surface area contributed by atoms with Gasteiger partial charge in [-0.1, -0.05) is 35.9 Å². The minimum absolute atomic E-state index is 0.265. The van der Waals surface area contributed by atoms with Crippen molar-refractivity contribution in [2.75, 3.05) is 5.32 Å². The van der Waals surface area contributed by atoms with Crippen molar-refractivity contribution in [3.63, 3.8) is 0 Å². The van der Waals surface area contributed by atoms with Gasteiger partial charge in [0.25, 0.3) is 0 Å². The third-order valence-corrected chi connectivity index (χ3v) is 4.38. The lowest BCUT2D eigenvalue weighted by atomic mass is 10.2. The van der Waals surface area contributed by atoms with Crippen LogP contribution in [0.25, 0.3) is 0 Å². The first-order valence-electron chi connectivity index (χ1n) is 9.20. The number of amides is 2. The summed E-state index contributed by atoms with van der Waals surface area (Å²) in [6.07, 6.45) is 1.36. The van der Waals surface area contributed by atoms with Gasteiger partial charge in [0.1, 0.15) is 5.75 Å². The highest BCUT2D eigenvalue weighted by molar-refractivity contribution is 6.39. The van der Waals surface area contributed by atoms with Gasteiger partial charge in [-0.2, -0.15) is 5.10 Å². The molecule has 0 bridgehead atoms. The number of ether oxygens (including phenoxy) is 1. The molecule has 0 saturated heterocycles. The number of carbonyl (C=O) groups is 3. The fourth-order valence-corrected chi connectivity index (χ4v) is 2.75. The van der Waals surface area contributed by atoms with Crippen molar-refractivity contribution in [3.8, 4) is 5.75 Å². The number of rotatable bonds is 5. The van der Waals surface area contributed by atoms with E-state index < -0.39 is 17.8 Å². The van der Waals surface area contributed by atoms with Gasteiger partial charge in [-0.05, 0) is 66.6 Å². The number of halogens is 1. The molecule has 0 radical (unpaired) electrons. The lowest BCUT2D eigenvalue weighted by Crippen LogP contribution is -2.32. The van der Waals surface area contributed by atoms with Gasteiger partial charge in [-0.3, -0.25) is 9.59 Å². The van der Waals surface area contributed by atoms with Crippen molar-refractivity contribution in [2.45, 2.75) is 6.92 Å². The van der Waals surface area contributed by atoms with Crippen molar-refractivity contribution in [3.05, 3.63) is 94.5 Å². The third-order valence-electron chi connectivity index (χ3n) is 4.05. The predicted molar refractivity (Wildman–Crippen MR) is 118 cm³/mol. The number of nitrogens with one attached hydrogen (secondary N) is 2. The molecule has 2 amide bonds. The maximum Gasteiger partial charge on any atom is 0.345 e. The summed E-state index contributed by atoms with van der Waals surface area (Å²) in [7, 11) is 0. The Balaban J connectivity index is 1.52. The van der Waals surface area contributed by atoms with Crippen LogP contribution < -0.4 is 15.5 Å². The van der Waals surface area contributed by atoms with Gasteiger partial charge in [0.05, 0.1) is 16.8 Å². The van der Waals surface area contributed by atoms with E-state index in [1.807, 2.05) is 13.0 Å². The molecule has 2 N–H and O–H groups in total. The number of anilines is 1. The number of esters is 1. The van der Waals surface area contributed by atoms with Gasteiger partial charge in [-0.25, -0.2) is 10.2 Å². The van der Waals surface area contributed by atoms with E-state index >= 15 is 0 Å². The molecule has 0 heterocycles. The maximum absolute atomic E-state index is 12.2. The van der Waals surface area contributed by atoms with Crippen LogP contribution in [-0.4, -0.2) is 24.0 Å². The van der Waals surface area contributed by atoms with E-state index in [4.69, 9.17) is 16.3 Å². The molecular weight excluding hydrogens is 418 g/mol. The SMILES string of the molecule is Cc1cccc(NC(=O)C(=O)N/N=C\c2ccc(OC(=O)c3ccccc3Cl)cc2)c1. The zero-order chi connectivity index (χ0) is 22.2. The van der Waals surface area contributed by atoms with Crippen molar-refractivity contribution in [1.29, 1.82) is 0 Å². The maximum atomic E-state index is 12.2. The molecule has 0 unspecified atom stereocenters. The number of carbonyl (C=O) groups excluding carboxylic acids is 3. The third kappa shape index (κ3) is 6.25. The molecule has 3 aromatic rings. The zero-order valence-corrected chi connectivity index (χ0v) is 17.2. The summed E-state index contributed by atoms with van der Waals surface area (Å²) in [5.74, 6) is -1.98. The topological polar surface area (TPSA) is 96.9 Å². The molecule has 0 aliphatic heterocycles. The Kier molecular flexibility index (Phi) is 7.13. The Labute approximate surface area is 183 Å². The Morgan fingerprint density at radius 2 is 1.68 bits per heavy atom. The molecule has 7 nitrogen and oxygen atoms in total. The molecule has 0 aromatic heterocycles. The van der Waals surface area contributed by atoms with E-state index in [0.717, 1.165) is 5.56 Å². The average Bonchev–Trinajstić information content (AvgIpc) is 2.75. The van der Waals surface area contributed by atoms with Gasteiger partial charge in [0.2, 0.25) is 0 Å². The van der Waals surface area contributed by atoms with E-state index in [0.29, 0.717) is 22.0 Å². The first-order valence-corrected chi connectivity index (χ1v) is 9.58. The van der Waals surface area contributed by atoms with E-state index in [2.05, 4.69) is 15.8 Å². The van der Waals surface area contributed by atoms with Crippen LogP contribution in [0.2, 0.25) is 5.02 Å². The van der Waals surface area contributed by atoms with Crippen LogP contribution in [-0.2, 0) is 9.59 Å². The van der Waals surface area contributed by atoms with Crippen LogP contribution in [0, 0.1) is 6.92 Å². The highest BCUT2D eigenvalue weighted by Crippen LogP contribution is 2.19. The molecule has 31 heavy (non-hydrogen) atoms. The first kappa shape index (κ1) is 21.7. The molecule has 0 atom stereocenters. The Morgan fingerprint density at radius 3 is 2.39 bits per heavy atom. The van der Waals surface area contributed by atoms with Crippen molar-refractivity contribution in [2.24, 2.45) is 5.10 Å². The Bertz CT molecular complexity index is 1140. The zero-order valence-electron chi connectivity index (χ0n) is 16.5. The molecule has 8 heteroatoms. The first-order chi connectivity index (χ1) is 14.9. The molecule has 3 rings (SSSR count). The molecule has 0 saturated carbocycles. The lowest BCUT2D eigenvalue weighted by molar-refractivity contribution is -0.136. The molecule has 0 aliphatic rings. The summed E-state index contributed by atoms with van der Waals surface area (Å²) in [5, 5.41) is 6.56. The van der Waals surface area contributed by atoms with Crippen LogP contribution in [0.3, 0.4) is 0 Å². The summed E-state index contributed by atoms with van der Waals surface area (Å²) in [4.78, 5) is 35.9. The smallest absolute Gasteiger partial charge is 0.345 e. The number of benzene rings is 3. The Hall–Kier alpha value is -3.97. The van der Waals surface area contributed by atoms with Crippen LogP contribution in [0.15, 0.2) is 77.9 Å². The fourth-order valence-electron chi connectivity index (χ4n) is 2.54. The second-order valence-electron chi connectivity index (χ2n) is 6.46. The predicted octanol–water partition coefficient (Wildman–Crippen LogP) is 3.96. The van der Waals surface area contributed by atoms with Crippen molar-refractivity contribution < 1.29 is 19.1 Å². The molecule has 156 valence electrons. The fraction of sp³-hybridized carbons (Fsp3) is 0.0435. The van der Waals surface area contributed by atoms with Crippen LogP contribution >= 0.6 is 11.6 Å². The number of hydrogen-bond donors (Lipinski definition) is 2. The van der Waals surface area contributed by atoms with Gasteiger partial charge in [0, 0.05) is 5.69 Å². The highest BCUT2D eigenvalue weighted by atomic mass is 35.5. The summed E-state index contributed by atoms with van der Waals surface area (Å²) >= 11 is 5.99.